The molecule has 0 aromatic heterocycles. The molecule has 116 valence electrons. The quantitative estimate of drug-likeness (QED) is 0.875. The molecule has 0 aliphatic heterocycles. The van der Waals surface area contributed by atoms with Crippen molar-refractivity contribution in [3.63, 3.8) is 0 Å². The third-order valence-corrected chi connectivity index (χ3v) is 5.74. The van der Waals surface area contributed by atoms with Crippen LogP contribution in [-0.4, -0.2) is 11.2 Å². The van der Waals surface area contributed by atoms with Gasteiger partial charge < -0.3 is 10.8 Å². The Morgan fingerprint density at radius 3 is 2.62 bits per heavy atom. The number of halogens is 1. The first kappa shape index (κ1) is 15.0. The summed E-state index contributed by atoms with van der Waals surface area (Å²) in [5.74, 6) is 1.38. The highest BCUT2D eigenvalue weighted by Crippen LogP contribution is 2.47. The maximum Gasteiger partial charge on any atom is 0.123 e. The van der Waals surface area contributed by atoms with Gasteiger partial charge in [0.15, 0.2) is 0 Å². The number of hydrogen-bond acceptors (Lipinski definition) is 2. The normalized spacial score (nSPS) is 40.4. The lowest BCUT2D eigenvalue weighted by atomic mass is 9.72. The zero-order valence-electron chi connectivity index (χ0n) is 12.8. The van der Waals surface area contributed by atoms with Gasteiger partial charge in [-0.25, -0.2) is 4.39 Å². The van der Waals surface area contributed by atoms with Crippen LogP contribution in [0, 0.1) is 23.6 Å². The molecule has 2 aliphatic carbocycles. The van der Waals surface area contributed by atoms with Crippen LogP contribution < -0.4 is 5.73 Å². The first-order valence-corrected chi connectivity index (χ1v) is 8.21. The first-order chi connectivity index (χ1) is 9.98. The second-order valence-corrected chi connectivity index (χ2v) is 7.32. The smallest absolute Gasteiger partial charge is 0.123 e. The van der Waals surface area contributed by atoms with Crippen molar-refractivity contribution < 1.29 is 9.50 Å². The topological polar surface area (TPSA) is 46.2 Å². The number of rotatable bonds is 2. The average Bonchev–Trinajstić information content (AvgIpc) is 2.86. The zero-order valence-corrected chi connectivity index (χ0v) is 12.8. The Bertz CT molecular complexity index is 488. The summed E-state index contributed by atoms with van der Waals surface area (Å²) in [5, 5.41) is 10.3. The van der Waals surface area contributed by atoms with Crippen molar-refractivity contribution in [3.8, 4) is 0 Å². The molecule has 0 amide bonds. The van der Waals surface area contributed by atoms with E-state index in [-0.39, 0.29) is 17.5 Å². The molecule has 0 bridgehead atoms. The van der Waals surface area contributed by atoms with Crippen molar-refractivity contribution in [3.05, 3.63) is 35.6 Å². The van der Waals surface area contributed by atoms with Crippen molar-refractivity contribution in [2.24, 2.45) is 23.5 Å². The molecule has 0 heterocycles. The molecule has 2 nitrogen and oxygen atoms in total. The maximum absolute atomic E-state index is 13.1. The molecule has 3 heteroatoms. The molecular weight excluding hydrogens is 265 g/mol. The van der Waals surface area contributed by atoms with Gasteiger partial charge in [-0.2, -0.15) is 0 Å². The standard InChI is InChI=1S/C18H26FNO/c1-12-2-7-17(21)16(10-12)13-8-9-18(20,11-13)14-3-5-15(19)6-4-14/h3-6,12-13,16-17,21H,2,7-11,20H2,1H3. The van der Waals surface area contributed by atoms with E-state index in [0.717, 1.165) is 44.1 Å². The van der Waals surface area contributed by atoms with E-state index in [1.807, 2.05) is 12.1 Å². The fraction of sp³-hybridized carbons (Fsp3) is 0.667. The molecule has 0 spiro atoms. The van der Waals surface area contributed by atoms with Crippen LogP contribution >= 0.6 is 0 Å². The van der Waals surface area contributed by atoms with Gasteiger partial charge in [-0.1, -0.05) is 19.1 Å². The molecule has 1 aromatic carbocycles. The minimum atomic E-state index is -0.348. The van der Waals surface area contributed by atoms with E-state index in [4.69, 9.17) is 5.73 Å². The summed E-state index contributed by atoms with van der Waals surface area (Å²) < 4.78 is 13.1. The summed E-state index contributed by atoms with van der Waals surface area (Å²) >= 11 is 0. The predicted octanol–water partition coefficient (Wildman–Crippen LogP) is 3.58. The lowest BCUT2D eigenvalue weighted by molar-refractivity contribution is 0.0198. The molecule has 2 aliphatic rings. The van der Waals surface area contributed by atoms with Gasteiger partial charge in [0, 0.05) is 5.54 Å². The molecule has 5 unspecified atom stereocenters. The van der Waals surface area contributed by atoms with E-state index in [2.05, 4.69) is 6.92 Å². The number of benzene rings is 1. The van der Waals surface area contributed by atoms with Gasteiger partial charge >= 0.3 is 0 Å². The highest BCUT2D eigenvalue weighted by molar-refractivity contribution is 5.26. The van der Waals surface area contributed by atoms with E-state index in [0.29, 0.717) is 17.8 Å². The van der Waals surface area contributed by atoms with Gasteiger partial charge in [0.2, 0.25) is 0 Å². The molecule has 2 saturated carbocycles. The molecule has 0 saturated heterocycles. The number of nitrogens with two attached hydrogens (primary N) is 1. The average molecular weight is 291 g/mol. The second-order valence-electron chi connectivity index (χ2n) is 7.32. The predicted molar refractivity (Wildman–Crippen MR) is 82.1 cm³/mol. The third kappa shape index (κ3) is 3.00. The van der Waals surface area contributed by atoms with Gasteiger partial charge in [0.1, 0.15) is 5.82 Å². The summed E-state index contributed by atoms with van der Waals surface area (Å²) in [6.45, 7) is 2.28. The summed E-state index contributed by atoms with van der Waals surface area (Å²) in [5.41, 5.74) is 7.29. The minimum Gasteiger partial charge on any atom is -0.393 e. The van der Waals surface area contributed by atoms with Crippen molar-refractivity contribution in [2.45, 2.75) is 57.1 Å². The molecule has 21 heavy (non-hydrogen) atoms. The van der Waals surface area contributed by atoms with Crippen molar-refractivity contribution in [2.75, 3.05) is 0 Å². The number of aliphatic hydroxyl groups excluding tert-OH is 1. The Balaban J connectivity index is 1.73. The summed E-state index contributed by atoms with van der Waals surface area (Å²) in [7, 11) is 0. The summed E-state index contributed by atoms with van der Waals surface area (Å²) in [4.78, 5) is 0. The van der Waals surface area contributed by atoms with Crippen LogP contribution in [0.4, 0.5) is 4.39 Å². The number of hydrogen-bond donors (Lipinski definition) is 2. The Hall–Kier alpha value is -0.930. The Morgan fingerprint density at radius 1 is 1.19 bits per heavy atom. The Kier molecular flexibility index (Phi) is 4.06. The molecule has 3 N–H and O–H groups in total. The fourth-order valence-corrected chi connectivity index (χ4v) is 4.44. The van der Waals surface area contributed by atoms with E-state index < -0.39 is 0 Å². The van der Waals surface area contributed by atoms with Crippen LogP contribution in [0.5, 0.6) is 0 Å². The lowest BCUT2D eigenvalue weighted by Gasteiger charge is -2.36. The van der Waals surface area contributed by atoms with E-state index in [1.165, 1.54) is 12.1 Å². The van der Waals surface area contributed by atoms with Crippen LogP contribution in [0.2, 0.25) is 0 Å². The Morgan fingerprint density at radius 2 is 1.90 bits per heavy atom. The van der Waals surface area contributed by atoms with Gasteiger partial charge in [-0.05, 0) is 74.0 Å². The van der Waals surface area contributed by atoms with E-state index in [1.54, 1.807) is 0 Å². The minimum absolute atomic E-state index is 0.165. The largest absolute Gasteiger partial charge is 0.393 e. The molecule has 5 atom stereocenters. The molecule has 3 rings (SSSR count). The first-order valence-electron chi connectivity index (χ1n) is 8.21. The maximum atomic E-state index is 13.1. The van der Waals surface area contributed by atoms with Crippen molar-refractivity contribution in [1.82, 2.24) is 0 Å². The van der Waals surface area contributed by atoms with Crippen LogP contribution in [0.15, 0.2) is 24.3 Å². The molecular formula is C18H26FNO. The number of aliphatic hydroxyl groups is 1. The zero-order chi connectivity index (χ0) is 15.0. The van der Waals surface area contributed by atoms with Crippen molar-refractivity contribution >= 4 is 0 Å². The highest BCUT2D eigenvalue weighted by Gasteiger charge is 2.43. The molecule has 2 fully saturated rings. The third-order valence-electron chi connectivity index (χ3n) is 5.74. The molecule has 1 aromatic rings. The van der Waals surface area contributed by atoms with E-state index in [9.17, 15) is 9.50 Å². The SMILES string of the molecule is CC1CCC(O)C(C2CCC(N)(c3ccc(F)cc3)C2)C1. The highest BCUT2D eigenvalue weighted by atomic mass is 19.1. The van der Waals surface area contributed by atoms with E-state index >= 15 is 0 Å². The fourth-order valence-electron chi connectivity index (χ4n) is 4.44. The van der Waals surface area contributed by atoms with Gasteiger partial charge in [0.25, 0.3) is 0 Å². The van der Waals surface area contributed by atoms with Crippen LogP contribution in [0.3, 0.4) is 0 Å². The van der Waals surface area contributed by atoms with Gasteiger partial charge in [-0.3, -0.25) is 0 Å². The van der Waals surface area contributed by atoms with Crippen LogP contribution in [-0.2, 0) is 5.54 Å². The lowest BCUT2D eigenvalue weighted by Crippen LogP contribution is -2.37. The summed E-state index contributed by atoms with van der Waals surface area (Å²) in [6.07, 6.45) is 5.93. The summed E-state index contributed by atoms with van der Waals surface area (Å²) in [6, 6.07) is 6.62. The second kappa shape index (κ2) is 5.69. The van der Waals surface area contributed by atoms with Gasteiger partial charge in [-0.15, -0.1) is 0 Å². The van der Waals surface area contributed by atoms with Crippen molar-refractivity contribution in [1.29, 1.82) is 0 Å². The van der Waals surface area contributed by atoms with Crippen LogP contribution in [0.1, 0.15) is 51.0 Å². The molecule has 0 radical (unpaired) electrons. The Labute approximate surface area is 126 Å². The van der Waals surface area contributed by atoms with Gasteiger partial charge in [0.05, 0.1) is 6.10 Å². The monoisotopic (exact) mass is 291 g/mol. The van der Waals surface area contributed by atoms with Crippen LogP contribution in [0.25, 0.3) is 0 Å².